The number of nitrogens with zero attached hydrogens (tertiary/aromatic N) is 2. The Morgan fingerprint density at radius 3 is 1.26 bits per heavy atom. The number of rotatable bonds is 29. The smallest absolute Gasteiger partial charge is 0.330 e. The Bertz CT molecular complexity index is 1970. The third-order valence-electron chi connectivity index (χ3n) is 11.8. The average molecular weight is 1010 g/mol. The molecule has 2 atom stereocenters. The van der Waals surface area contributed by atoms with Crippen LogP contribution in [0, 0.1) is 13.8 Å². The number of carboxylic acids is 3. The van der Waals surface area contributed by atoms with Crippen LogP contribution in [0.15, 0.2) is 46.4 Å². The zero-order valence-electron chi connectivity index (χ0n) is 40.0. The standard InChI is InChI=1S/C25H38NO7P.C17H26NO3P.C6H11BrO2/c1-19-12-13-22-21(18-19)25(3,20(2)26-22)14-17-34(31,32-15-8-4-6-10-23(27)28)33-16-9-5-7-11-24(29)30;1-6-20-22(19,21-7-2)11-10-17(5)14(4)18-16-9-8-13(3)12-15(16)17;7-5-3-1-2-4-6(8)9/h12-13,18H,4-11,14-17H2,1-3H3,(H,27,28)(H,29,30);8-9,12H,6-7,10-11H2,1-5H3;1-5H2,(H,8,9). The van der Waals surface area contributed by atoms with Crippen molar-refractivity contribution in [3.05, 3.63) is 58.7 Å². The first kappa shape index (κ1) is 58.1. The molecular formula is C48H75BrN2O12P2. The van der Waals surface area contributed by atoms with Crippen LogP contribution in [0.1, 0.15) is 154 Å². The zero-order valence-corrected chi connectivity index (χ0v) is 43.4. The molecule has 0 aromatic heterocycles. The van der Waals surface area contributed by atoms with Crippen LogP contribution in [0.3, 0.4) is 0 Å². The lowest BCUT2D eigenvalue weighted by atomic mass is 9.77. The number of carboxylic acid groups (broad SMARTS) is 3. The molecule has 0 saturated heterocycles. The van der Waals surface area contributed by atoms with Crippen LogP contribution in [0.25, 0.3) is 0 Å². The molecule has 2 aliphatic rings. The Labute approximate surface area is 396 Å². The van der Waals surface area contributed by atoms with E-state index in [1.807, 2.05) is 46.8 Å². The van der Waals surface area contributed by atoms with Crippen LogP contribution in [-0.2, 0) is 52.4 Å². The highest BCUT2D eigenvalue weighted by Crippen LogP contribution is 2.54. The summed E-state index contributed by atoms with van der Waals surface area (Å²) in [5.41, 5.74) is 8.14. The lowest BCUT2D eigenvalue weighted by Crippen LogP contribution is -2.29. The second-order valence-electron chi connectivity index (χ2n) is 17.1. The molecule has 0 radical (unpaired) electrons. The summed E-state index contributed by atoms with van der Waals surface area (Å²) in [5.74, 6) is -2.34. The number of fused-ring (bicyclic) bond motifs is 2. The van der Waals surface area contributed by atoms with Crippen LogP contribution >= 0.6 is 31.1 Å². The van der Waals surface area contributed by atoms with Crippen LogP contribution in [0.2, 0.25) is 0 Å². The first-order valence-corrected chi connectivity index (χ1v) is 27.6. The monoisotopic (exact) mass is 1010 g/mol. The number of aliphatic imine (C=N–C) groups is 2. The summed E-state index contributed by atoms with van der Waals surface area (Å²) < 4.78 is 48.7. The lowest BCUT2D eigenvalue weighted by Gasteiger charge is -2.28. The summed E-state index contributed by atoms with van der Waals surface area (Å²) in [6.07, 6.45) is 9.03. The van der Waals surface area contributed by atoms with Crippen molar-refractivity contribution in [2.24, 2.45) is 9.98 Å². The van der Waals surface area contributed by atoms with E-state index in [-0.39, 0.29) is 43.0 Å². The number of benzene rings is 2. The fourth-order valence-corrected chi connectivity index (χ4v) is 11.6. The van der Waals surface area contributed by atoms with Crippen LogP contribution in [-0.4, -0.2) is 88.7 Å². The molecule has 366 valence electrons. The normalized spacial score (nSPS) is 17.5. The highest BCUT2D eigenvalue weighted by Gasteiger charge is 2.41. The third-order valence-corrected chi connectivity index (χ3v) is 16.3. The predicted molar refractivity (Wildman–Crippen MR) is 264 cm³/mol. The summed E-state index contributed by atoms with van der Waals surface area (Å²) in [6.45, 7) is 17.4. The molecule has 0 fully saturated rings. The van der Waals surface area contributed by atoms with Gasteiger partial charge in [-0.3, -0.25) is 33.5 Å². The van der Waals surface area contributed by atoms with E-state index in [0.29, 0.717) is 77.2 Å². The van der Waals surface area contributed by atoms with Gasteiger partial charge in [0.05, 0.1) is 50.1 Å². The van der Waals surface area contributed by atoms with Gasteiger partial charge in [-0.15, -0.1) is 0 Å². The van der Waals surface area contributed by atoms with Gasteiger partial charge in [0.15, 0.2) is 0 Å². The van der Waals surface area contributed by atoms with Gasteiger partial charge in [0.25, 0.3) is 0 Å². The largest absolute Gasteiger partial charge is 0.481 e. The van der Waals surface area contributed by atoms with Gasteiger partial charge in [0, 0.05) is 46.8 Å². The average Bonchev–Trinajstić information content (AvgIpc) is 3.64. The minimum atomic E-state index is -3.39. The molecular weight excluding hydrogens is 938 g/mol. The number of halogens is 1. The Kier molecular flexibility index (Phi) is 25.9. The molecule has 2 unspecified atom stereocenters. The van der Waals surface area contributed by atoms with E-state index >= 15 is 0 Å². The van der Waals surface area contributed by atoms with Crippen molar-refractivity contribution in [1.29, 1.82) is 0 Å². The van der Waals surface area contributed by atoms with Crippen molar-refractivity contribution in [2.75, 3.05) is 44.1 Å². The van der Waals surface area contributed by atoms with Crippen molar-refractivity contribution >= 4 is 71.8 Å². The van der Waals surface area contributed by atoms with Crippen molar-refractivity contribution in [2.45, 2.75) is 156 Å². The maximum atomic E-state index is 13.6. The van der Waals surface area contributed by atoms with Crippen LogP contribution < -0.4 is 0 Å². The minimum Gasteiger partial charge on any atom is -0.481 e. The van der Waals surface area contributed by atoms with E-state index in [2.05, 4.69) is 66.0 Å². The van der Waals surface area contributed by atoms with E-state index in [1.165, 1.54) is 11.1 Å². The summed E-state index contributed by atoms with van der Waals surface area (Å²) in [4.78, 5) is 40.7. The van der Waals surface area contributed by atoms with Gasteiger partial charge in [0.1, 0.15) is 0 Å². The lowest BCUT2D eigenvalue weighted by molar-refractivity contribution is -0.138. The van der Waals surface area contributed by atoms with Gasteiger partial charge in [-0.2, -0.15) is 0 Å². The van der Waals surface area contributed by atoms with Crippen molar-refractivity contribution < 1.29 is 56.9 Å². The first-order chi connectivity index (χ1) is 30.7. The van der Waals surface area contributed by atoms with E-state index in [9.17, 15) is 23.5 Å². The van der Waals surface area contributed by atoms with Gasteiger partial charge in [-0.05, 0) is 116 Å². The van der Waals surface area contributed by atoms with E-state index in [0.717, 1.165) is 58.5 Å². The molecule has 0 bridgehead atoms. The molecule has 2 aromatic carbocycles. The maximum Gasteiger partial charge on any atom is 0.330 e. The Balaban J connectivity index is 0.000000397. The van der Waals surface area contributed by atoms with Crippen molar-refractivity contribution in [1.82, 2.24) is 0 Å². The Hall–Kier alpha value is -3.03. The molecule has 3 N–H and O–H groups in total. The molecule has 4 rings (SSSR count). The topological polar surface area (TPSA) is 208 Å². The molecule has 2 aromatic rings. The summed E-state index contributed by atoms with van der Waals surface area (Å²) in [5, 5.41) is 26.7. The second kappa shape index (κ2) is 29.0. The zero-order chi connectivity index (χ0) is 48.7. The Morgan fingerprint density at radius 2 is 0.923 bits per heavy atom. The number of hydrogen-bond donors (Lipinski definition) is 3. The Morgan fingerprint density at radius 1 is 0.569 bits per heavy atom. The van der Waals surface area contributed by atoms with Crippen molar-refractivity contribution in [3.63, 3.8) is 0 Å². The van der Waals surface area contributed by atoms with Gasteiger partial charge in [0.2, 0.25) is 0 Å². The fraction of sp³-hybridized carbons (Fsp3) is 0.646. The highest BCUT2D eigenvalue weighted by molar-refractivity contribution is 9.09. The number of hydrogen-bond acceptors (Lipinski definition) is 11. The van der Waals surface area contributed by atoms with Crippen molar-refractivity contribution in [3.8, 4) is 0 Å². The van der Waals surface area contributed by atoms with Crippen LogP contribution in [0.5, 0.6) is 0 Å². The number of aryl methyl sites for hydroxylation is 2. The van der Waals surface area contributed by atoms with Gasteiger partial charge in [-0.25, -0.2) is 0 Å². The quantitative estimate of drug-likeness (QED) is 0.0395. The maximum absolute atomic E-state index is 13.6. The van der Waals surface area contributed by atoms with Gasteiger partial charge >= 0.3 is 33.1 Å². The highest BCUT2D eigenvalue weighted by atomic mass is 79.9. The number of unbranched alkanes of at least 4 members (excludes halogenated alkanes) is 6. The van der Waals surface area contributed by atoms with Gasteiger partial charge < -0.3 is 33.4 Å². The molecule has 0 saturated carbocycles. The summed E-state index contributed by atoms with van der Waals surface area (Å²) >= 11 is 3.27. The number of alkyl halides is 1. The van der Waals surface area contributed by atoms with E-state index < -0.39 is 33.1 Å². The molecule has 2 aliphatic heterocycles. The molecule has 65 heavy (non-hydrogen) atoms. The summed E-state index contributed by atoms with van der Waals surface area (Å²) in [6, 6.07) is 12.5. The van der Waals surface area contributed by atoms with E-state index in [4.69, 9.17) is 38.4 Å². The molecule has 17 heteroatoms. The number of carbonyl (C=O) groups is 3. The SMILES string of the molecule is CC1=Nc2ccc(C)cc2C1(C)CCP(=O)(OCCCCCC(=O)O)OCCCCCC(=O)O.CCOP(=O)(CCC1(C)C(C)=Nc2ccc(C)cc21)OCC.O=C(O)CCCCCBr. The second-order valence-corrected chi connectivity index (χ2v) is 22.2. The minimum absolute atomic E-state index is 0.111. The summed E-state index contributed by atoms with van der Waals surface area (Å²) in [7, 11) is -6.41. The molecule has 0 aliphatic carbocycles. The number of aliphatic carboxylic acids is 3. The van der Waals surface area contributed by atoms with Crippen LogP contribution in [0.4, 0.5) is 11.4 Å². The molecule has 0 amide bonds. The van der Waals surface area contributed by atoms with E-state index in [1.54, 1.807) is 0 Å². The first-order valence-electron chi connectivity index (χ1n) is 23.0. The molecule has 14 nitrogen and oxygen atoms in total. The third kappa shape index (κ3) is 20.0. The fourth-order valence-electron chi connectivity index (χ4n) is 7.52. The van der Waals surface area contributed by atoms with Gasteiger partial charge in [-0.1, -0.05) is 84.4 Å². The molecule has 0 spiro atoms. The molecule has 2 heterocycles. The predicted octanol–water partition coefficient (Wildman–Crippen LogP) is 13.3.